The Morgan fingerprint density at radius 2 is 1.90 bits per heavy atom. The summed E-state index contributed by atoms with van der Waals surface area (Å²) >= 11 is 0. The van der Waals surface area contributed by atoms with E-state index in [1.807, 2.05) is 12.1 Å². The van der Waals surface area contributed by atoms with Crippen LogP contribution in [0.3, 0.4) is 0 Å². The van der Waals surface area contributed by atoms with Crippen LogP contribution in [0.5, 0.6) is 0 Å². The van der Waals surface area contributed by atoms with E-state index < -0.39 is 0 Å². The van der Waals surface area contributed by atoms with Crippen molar-refractivity contribution in [3.05, 3.63) is 41.5 Å². The van der Waals surface area contributed by atoms with E-state index in [-0.39, 0.29) is 5.97 Å². The Labute approximate surface area is 120 Å². The summed E-state index contributed by atoms with van der Waals surface area (Å²) in [6.07, 6.45) is 10.4. The molecule has 0 aliphatic carbocycles. The van der Waals surface area contributed by atoms with Crippen molar-refractivity contribution >= 4 is 12.0 Å². The summed E-state index contributed by atoms with van der Waals surface area (Å²) in [7, 11) is 1.38. The molecule has 1 aromatic carbocycles. The monoisotopic (exact) mass is 271 g/mol. The molecule has 0 N–H and O–H groups in total. The predicted octanol–water partition coefficient (Wildman–Crippen LogP) is 4.35. The first-order valence-corrected chi connectivity index (χ1v) is 7.00. The maximum atomic E-state index is 11.3. The Morgan fingerprint density at radius 1 is 1.20 bits per heavy atom. The molecule has 1 rings (SSSR count). The number of esters is 1. The smallest absolute Gasteiger partial charge is 0.337 e. The summed E-state index contributed by atoms with van der Waals surface area (Å²) in [5.41, 5.74) is 1.66. The minimum Gasteiger partial charge on any atom is -0.465 e. The van der Waals surface area contributed by atoms with E-state index >= 15 is 0 Å². The van der Waals surface area contributed by atoms with Gasteiger partial charge in [0.05, 0.1) is 18.7 Å². The minimum absolute atomic E-state index is 0.308. The lowest BCUT2D eigenvalue weighted by atomic mass is 10.1. The molecule has 0 aliphatic rings. The van der Waals surface area contributed by atoms with Gasteiger partial charge in [-0.3, -0.25) is 0 Å². The van der Waals surface area contributed by atoms with E-state index in [0.29, 0.717) is 12.0 Å². The van der Waals surface area contributed by atoms with Gasteiger partial charge in [0, 0.05) is 6.42 Å². The molecule has 1 aromatic rings. The molecular weight excluding hydrogens is 250 g/mol. The van der Waals surface area contributed by atoms with E-state index in [4.69, 9.17) is 5.26 Å². The van der Waals surface area contributed by atoms with Gasteiger partial charge in [-0.2, -0.15) is 5.26 Å². The van der Waals surface area contributed by atoms with Crippen molar-refractivity contribution in [2.75, 3.05) is 7.11 Å². The third-order valence-corrected chi connectivity index (χ3v) is 3.05. The van der Waals surface area contributed by atoms with Crippen molar-refractivity contribution in [3.8, 4) is 6.07 Å². The van der Waals surface area contributed by atoms with E-state index in [2.05, 4.69) is 23.0 Å². The summed E-state index contributed by atoms with van der Waals surface area (Å²) in [4.78, 5) is 11.3. The van der Waals surface area contributed by atoms with Crippen molar-refractivity contribution in [3.63, 3.8) is 0 Å². The lowest BCUT2D eigenvalue weighted by molar-refractivity contribution is 0.0601. The number of carbonyl (C=O) groups is 1. The molecule has 0 fully saturated rings. The second-order valence-electron chi connectivity index (χ2n) is 4.63. The quantitative estimate of drug-likeness (QED) is 0.521. The molecule has 0 aliphatic heterocycles. The number of hydrogen-bond acceptors (Lipinski definition) is 3. The third-order valence-electron chi connectivity index (χ3n) is 3.05. The molecule has 0 bridgehead atoms. The maximum Gasteiger partial charge on any atom is 0.337 e. The average molecular weight is 271 g/mol. The van der Waals surface area contributed by atoms with Gasteiger partial charge in [-0.1, -0.05) is 37.1 Å². The molecular formula is C17H21NO2. The van der Waals surface area contributed by atoms with E-state index in [1.165, 1.54) is 13.5 Å². The average Bonchev–Trinajstić information content (AvgIpc) is 2.50. The van der Waals surface area contributed by atoms with Crippen LogP contribution in [0, 0.1) is 11.3 Å². The molecule has 3 heteroatoms. The number of methoxy groups -OCH3 is 1. The predicted molar refractivity (Wildman–Crippen MR) is 80.1 cm³/mol. The van der Waals surface area contributed by atoms with E-state index in [1.54, 1.807) is 12.1 Å². The standard InChI is InChI=1S/C17H21NO2/c1-20-17(19)16-12-10-15(11-13-16)9-7-5-3-2-4-6-8-14-18/h7,9-13H,2-6,8H2,1H3/b9-7-. The van der Waals surface area contributed by atoms with Crippen LogP contribution in [0.4, 0.5) is 0 Å². The van der Waals surface area contributed by atoms with Crippen LogP contribution in [0.2, 0.25) is 0 Å². The third kappa shape index (κ3) is 6.19. The fourth-order valence-electron chi connectivity index (χ4n) is 1.89. The number of hydrogen-bond donors (Lipinski definition) is 0. The zero-order valence-corrected chi connectivity index (χ0v) is 12.0. The van der Waals surface area contributed by atoms with Crippen molar-refractivity contribution in [2.45, 2.75) is 38.5 Å². The number of nitriles is 1. The SMILES string of the molecule is COC(=O)c1ccc(/C=C\CCCCCCC#N)cc1. The number of rotatable bonds is 8. The van der Waals surface area contributed by atoms with Crippen molar-refractivity contribution < 1.29 is 9.53 Å². The zero-order valence-electron chi connectivity index (χ0n) is 12.0. The van der Waals surface area contributed by atoms with Gasteiger partial charge in [-0.05, 0) is 37.0 Å². The van der Waals surface area contributed by atoms with Gasteiger partial charge in [0.2, 0.25) is 0 Å². The van der Waals surface area contributed by atoms with Gasteiger partial charge in [-0.15, -0.1) is 0 Å². The van der Waals surface area contributed by atoms with Crippen molar-refractivity contribution in [2.24, 2.45) is 0 Å². The molecule has 0 amide bonds. The number of benzene rings is 1. The van der Waals surface area contributed by atoms with Gasteiger partial charge >= 0.3 is 5.97 Å². The maximum absolute atomic E-state index is 11.3. The van der Waals surface area contributed by atoms with Crippen LogP contribution < -0.4 is 0 Å². The summed E-state index contributed by atoms with van der Waals surface area (Å²) < 4.78 is 4.65. The van der Waals surface area contributed by atoms with E-state index in [0.717, 1.165) is 31.2 Å². The largest absolute Gasteiger partial charge is 0.465 e. The molecule has 0 heterocycles. The fraction of sp³-hybridized carbons (Fsp3) is 0.412. The second kappa shape index (κ2) is 9.80. The first-order chi connectivity index (χ1) is 9.77. The number of ether oxygens (including phenoxy) is 1. The summed E-state index contributed by atoms with van der Waals surface area (Å²) in [5, 5.41) is 8.41. The molecule has 3 nitrogen and oxygen atoms in total. The zero-order chi connectivity index (χ0) is 14.6. The second-order valence-corrected chi connectivity index (χ2v) is 4.63. The van der Waals surface area contributed by atoms with E-state index in [9.17, 15) is 4.79 Å². The Morgan fingerprint density at radius 3 is 2.55 bits per heavy atom. The van der Waals surface area contributed by atoms with Crippen LogP contribution in [0.25, 0.3) is 6.08 Å². The minimum atomic E-state index is -0.308. The summed E-state index contributed by atoms with van der Waals surface area (Å²) in [6, 6.07) is 9.53. The Balaban J connectivity index is 2.25. The van der Waals surface area contributed by atoms with Gasteiger partial charge < -0.3 is 4.74 Å². The Bertz CT molecular complexity index is 469. The number of unbranched alkanes of at least 4 members (excludes halogenated alkanes) is 5. The molecule has 0 saturated carbocycles. The summed E-state index contributed by atoms with van der Waals surface area (Å²) in [6.45, 7) is 0. The molecule has 20 heavy (non-hydrogen) atoms. The fourth-order valence-corrected chi connectivity index (χ4v) is 1.89. The summed E-state index contributed by atoms with van der Waals surface area (Å²) in [5.74, 6) is -0.308. The Hall–Kier alpha value is -2.08. The van der Waals surface area contributed by atoms with Gasteiger partial charge in [0.25, 0.3) is 0 Å². The molecule has 106 valence electrons. The number of nitrogens with zero attached hydrogens (tertiary/aromatic N) is 1. The van der Waals surface area contributed by atoms with Gasteiger partial charge in [0.15, 0.2) is 0 Å². The normalized spacial score (nSPS) is 10.4. The van der Waals surface area contributed by atoms with Gasteiger partial charge in [0.1, 0.15) is 0 Å². The van der Waals surface area contributed by atoms with Crippen LogP contribution in [-0.4, -0.2) is 13.1 Å². The molecule has 0 saturated heterocycles. The van der Waals surface area contributed by atoms with Crippen LogP contribution in [-0.2, 0) is 4.74 Å². The highest BCUT2D eigenvalue weighted by Gasteiger charge is 2.02. The lowest BCUT2D eigenvalue weighted by Gasteiger charge is -1.99. The highest BCUT2D eigenvalue weighted by molar-refractivity contribution is 5.89. The molecule has 0 unspecified atom stereocenters. The lowest BCUT2D eigenvalue weighted by Crippen LogP contribution is -2.00. The first-order valence-electron chi connectivity index (χ1n) is 7.00. The molecule has 0 aromatic heterocycles. The topological polar surface area (TPSA) is 50.1 Å². The molecule has 0 radical (unpaired) electrons. The highest BCUT2D eigenvalue weighted by atomic mass is 16.5. The number of allylic oxidation sites excluding steroid dienone is 1. The van der Waals surface area contributed by atoms with Crippen molar-refractivity contribution in [1.82, 2.24) is 0 Å². The Kier molecular flexibility index (Phi) is 7.83. The van der Waals surface area contributed by atoms with Crippen LogP contribution in [0.15, 0.2) is 30.3 Å². The highest BCUT2D eigenvalue weighted by Crippen LogP contribution is 2.10. The molecule has 0 atom stereocenters. The number of carbonyl (C=O) groups excluding carboxylic acids is 1. The van der Waals surface area contributed by atoms with Crippen LogP contribution in [0.1, 0.15) is 54.4 Å². The van der Waals surface area contributed by atoms with Crippen molar-refractivity contribution in [1.29, 1.82) is 5.26 Å². The van der Waals surface area contributed by atoms with Crippen LogP contribution >= 0.6 is 0 Å². The molecule has 0 spiro atoms. The van der Waals surface area contributed by atoms with Gasteiger partial charge in [-0.25, -0.2) is 4.79 Å². The first kappa shape index (κ1) is 16.0.